The van der Waals surface area contributed by atoms with Gasteiger partial charge in [-0.2, -0.15) is 5.10 Å². The van der Waals surface area contributed by atoms with E-state index in [0.29, 0.717) is 18.7 Å². The van der Waals surface area contributed by atoms with Gasteiger partial charge in [0.15, 0.2) is 0 Å². The molecule has 2 amide bonds. The van der Waals surface area contributed by atoms with Crippen molar-refractivity contribution in [2.24, 2.45) is 5.73 Å². The first-order valence-electron chi connectivity index (χ1n) is 5.94. The van der Waals surface area contributed by atoms with Crippen LogP contribution in [0.3, 0.4) is 0 Å². The molecule has 2 rings (SSSR count). The van der Waals surface area contributed by atoms with Crippen LogP contribution in [0.15, 0.2) is 12.4 Å². The number of amides is 2. The largest absolute Gasteiger partial charge is 0.396 e. The summed E-state index contributed by atoms with van der Waals surface area (Å²) in [4.78, 5) is 25.0. The normalized spacial score (nSPS) is 19.8. The summed E-state index contributed by atoms with van der Waals surface area (Å²) in [5.41, 5.74) is 11.4. The fraction of sp³-hybridized carbons (Fsp3) is 0.545. The predicted molar refractivity (Wildman–Crippen MR) is 65.2 cm³/mol. The third-order valence-corrected chi connectivity index (χ3v) is 3.10. The van der Waals surface area contributed by atoms with Gasteiger partial charge in [-0.25, -0.2) is 0 Å². The van der Waals surface area contributed by atoms with E-state index >= 15 is 0 Å². The number of nitrogens with two attached hydrogens (primary N) is 2. The number of rotatable bonds is 3. The number of primary amides is 1. The minimum absolute atomic E-state index is 0.0843. The number of nitrogen functional groups attached to an aromatic ring is 1. The quantitative estimate of drug-likeness (QED) is 0.742. The maximum atomic E-state index is 12.1. The lowest BCUT2D eigenvalue weighted by Gasteiger charge is -2.33. The zero-order chi connectivity index (χ0) is 13.1. The summed E-state index contributed by atoms with van der Waals surface area (Å²) >= 11 is 0. The van der Waals surface area contributed by atoms with E-state index in [1.54, 1.807) is 11.1 Å². The lowest BCUT2D eigenvalue weighted by Crippen LogP contribution is -2.51. The van der Waals surface area contributed by atoms with Crippen molar-refractivity contribution in [2.75, 3.05) is 12.3 Å². The van der Waals surface area contributed by atoms with Gasteiger partial charge in [-0.3, -0.25) is 14.3 Å². The van der Waals surface area contributed by atoms with Crippen LogP contribution in [0, 0.1) is 0 Å². The SMILES string of the molecule is NC(=O)C1CCCCN1C(=O)Cn1cc(N)cn1. The summed E-state index contributed by atoms with van der Waals surface area (Å²) in [5.74, 6) is -0.593. The highest BCUT2D eigenvalue weighted by Crippen LogP contribution is 2.17. The molecule has 7 nitrogen and oxygen atoms in total. The Bertz CT molecular complexity index is 456. The summed E-state index contributed by atoms with van der Waals surface area (Å²) < 4.78 is 1.46. The fourth-order valence-corrected chi connectivity index (χ4v) is 2.22. The first kappa shape index (κ1) is 12.4. The van der Waals surface area contributed by atoms with E-state index in [9.17, 15) is 9.59 Å². The molecule has 1 fully saturated rings. The van der Waals surface area contributed by atoms with Crippen molar-refractivity contribution >= 4 is 17.5 Å². The Labute approximate surface area is 105 Å². The Morgan fingerprint density at radius 1 is 1.44 bits per heavy atom. The smallest absolute Gasteiger partial charge is 0.244 e. The molecule has 1 aromatic heterocycles. The van der Waals surface area contributed by atoms with Gasteiger partial charge >= 0.3 is 0 Å². The molecule has 0 saturated carbocycles. The van der Waals surface area contributed by atoms with Crippen LogP contribution in [0.4, 0.5) is 5.69 Å². The standard InChI is InChI=1S/C11H17N5O2/c12-8-5-14-15(6-8)7-10(17)16-4-2-1-3-9(16)11(13)18/h5-6,9H,1-4,7,12H2,(H2,13,18). The van der Waals surface area contributed by atoms with E-state index in [4.69, 9.17) is 11.5 Å². The summed E-state index contributed by atoms with van der Waals surface area (Å²) in [6.07, 6.45) is 5.53. The van der Waals surface area contributed by atoms with Gasteiger partial charge in [-0.15, -0.1) is 0 Å². The maximum Gasteiger partial charge on any atom is 0.244 e. The van der Waals surface area contributed by atoms with Gasteiger partial charge in [0, 0.05) is 12.7 Å². The molecule has 1 unspecified atom stereocenters. The van der Waals surface area contributed by atoms with Crippen molar-refractivity contribution < 1.29 is 9.59 Å². The van der Waals surface area contributed by atoms with Gasteiger partial charge in [-0.1, -0.05) is 0 Å². The molecule has 0 aliphatic carbocycles. The number of nitrogens with zero attached hydrogens (tertiary/aromatic N) is 3. The minimum Gasteiger partial charge on any atom is -0.396 e. The van der Waals surface area contributed by atoms with Crippen LogP contribution < -0.4 is 11.5 Å². The molecular weight excluding hydrogens is 234 g/mol. The number of hydrogen-bond donors (Lipinski definition) is 2. The van der Waals surface area contributed by atoms with Crippen LogP contribution in [0.25, 0.3) is 0 Å². The molecule has 1 aliphatic rings. The Kier molecular flexibility index (Phi) is 3.50. The summed E-state index contributed by atoms with van der Waals surface area (Å²) in [6.45, 7) is 0.657. The fourth-order valence-electron chi connectivity index (χ4n) is 2.22. The van der Waals surface area contributed by atoms with Crippen molar-refractivity contribution in [3.8, 4) is 0 Å². The third kappa shape index (κ3) is 2.61. The molecular formula is C11H17N5O2. The van der Waals surface area contributed by atoms with E-state index in [0.717, 1.165) is 12.8 Å². The second-order valence-electron chi connectivity index (χ2n) is 4.47. The third-order valence-electron chi connectivity index (χ3n) is 3.10. The van der Waals surface area contributed by atoms with Crippen LogP contribution >= 0.6 is 0 Å². The molecule has 0 radical (unpaired) electrons. The van der Waals surface area contributed by atoms with Crippen molar-refractivity contribution in [3.63, 3.8) is 0 Å². The second-order valence-corrected chi connectivity index (χ2v) is 4.47. The van der Waals surface area contributed by atoms with Crippen LogP contribution in [-0.2, 0) is 16.1 Å². The second kappa shape index (κ2) is 5.07. The number of carbonyl (C=O) groups is 2. The average Bonchev–Trinajstić information content (AvgIpc) is 2.74. The van der Waals surface area contributed by atoms with Crippen molar-refractivity contribution in [2.45, 2.75) is 31.8 Å². The Morgan fingerprint density at radius 2 is 2.22 bits per heavy atom. The molecule has 4 N–H and O–H groups in total. The van der Waals surface area contributed by atoms with Crippen LogP contribution in [0.2, 0.25) is 0 Å². The van der Waals surface area contributed by atoms with E-state index in [1.807, 2.05) is 0 Å². The highest BCUT2D eigenvalue weighted by Gasteiger charge is 2.30. The Balaban J connectivity index is 2.04. The summed E-state index contributed by atoms with van der Waals surface area (Å²) in [7, 11) is 0. The van der Waals surface area contributed by atoms with Gasteiger partial charge in [0.2, 0.25) is 11.8 Å². The van der Waals surface area contributed by atoms with Crippen LogP contribution in [0.1, 0.15) is 19.3 Å². The molecule has 1 aromatic rings. The Hall–Kier alpha value is -2.05. The van der Waals surface area contributed by atoms with Crippen LogP contribution in [-0.4, -0.2) is 39.1 Å². The van der Waals surface area contributed by atoms with Gasteiger partial charge in [-0.05, 0) is 19.3 Å². The molecule has 1 atom stereocenters. The highest BCUT2D eigenvalue weighted by atomic mass is 16.2. The first-order chi connectivity index (χ1) is 8.58. The molecule has 1 aliphatic heterocycles. The van der Waals surface area contributed by atoms with E-state index < -0.39 is 11.9 Å². The number of anilines is 1. The maximum absolute atomic E-state index is 12.1. The topological polar surface area (TPSA) is 107 Å². The van der Waals surface area contributed by atoms with Crippen molar-refractivity contribution in [3.05, 3.63) is 12.4 Å². The minimum atomic E-state index is -0.487. The zero-order valence-corrected chi connectivity index (χ0v) is 10.1. The van der Waals surface area contributed by atoms with Gasteiger partial charge in [0.1, 0.15) is 12.6 Å². The average molecular weight is 251 g/mol. The summed E-state index contributed by atoms with van der Waals surface area (Å²) in [6, 6.07) is -0.487. The molecule has 0 aromatic carbocycles. The predicted octanol–water partition coefficient (Wildman–Crippen LogP) is -0.668. The van der Waals surface area contributed by atoms with Crippen LogP contribution in [0.5, 0.6) is 0 Å². The van der Waals surface area contributed by atoms with Crippen molar-refractivity contribution in [1.82, 2.24) is 14.7 Å². The van der Waals surface area contributed by atoms with Gasteiger partial charge in [0.05, 0.1) is 11.9 Å². The molecule has 98 valence electrons. The van der Waals surface area contributed by atoms with E-state index in [2.05, 4.69) is 5.10 Å². The molecule has 2 heterocycles. The lowest BCUT2D eigenvalue weighted by atomic mass is 10.0. The molecule has 0 spiro atoms. The number of carbonyl (C=O) groups excluding carboxylic acids is 2. The van der Waals surface area contributed by atoms with Gasteiger partial charge < -0.3 is 16.4 Å². The zero-order valence-electron chi connectivity index (χ0n) is 10.1. The lowest BCUT2D eigenvalue weighted by molar-refractivity contribution is -0.141. The van der Waals surface area contributed by atoms with Crippen molar-refractivity contribution in [1.29, 1.82) is 0 Å². The first-order valence-corrected chi connectivity index (χ1v) is 5.94. The molecule has 7 heteroatoms. The number of hydrogen-bond acceptors (Lipinski definition) is 4. The molecule has 1 saturated heterocycles. The summed E-state index contributed by atoms with van der Waals surface area (Å²) in [5, 5.41) is 3.95. The molecule has 0 bridgehead atoms. The molecule has 18 heavy (non-hydrogen) atoms. The Morgan fingerprint density at radius 3 is 2.83 bits per heavy atom. The number of aromatic nitrogens is 2. The highest BCUT2D eigenvalue weighted by molar-refractivity contribution is 5.86. The number of likely N-dealkylation sites (tertiary alicyclic amines) is 1. The van der Waals surface area contributed by atoms with E-state index in [1.165, 1.54) is 10.9 Å². The number of piperidine rings is 1. The monoisotopic (exact) mass is 251 g/mol. The van der Waals surface area contributed by atoms with E-state index in [-0.39, 0.29) is 12.5 Å². The van der Waals surface area contributed by atoms with Gasteiger partial charge in [0.25, 0.3) is 0 Å².